The molecule has 0 aromatic carbocycles. The second-order valence-electron chi connectivity index (χ2n) is 7.79. The van der Waals surface area contributed by atoms with Crippen LogP contribution in [0.15, 0.2) is 9.95 Å². The van der Waals surface area contributed by atoms with E-state index in [0.717, 1.165) is 35.9 Å². The number of thiophene rings is 1. The van der Waals surface area contributed by atoms with E-state index >= 15 is 0 Å². The molecule has 4 nitrogen and oxygen atoms in total. The maximum absolute atomic E-state index is 13.1. The minimum absolute atomic E-state index is 0.0824. The highest BCUT2D eigenvalue weighted by Crippen LogP contribution is 2.42. The van der Waals surface area contributed by atoms with Crippen molar-refractivity contribution in [3.8, 4) is 6.07 Å². The Morgan fingerprint density at radius 1 is 1.44 bits per heavy atom. The van der Waals surface area contributed by atoms with E-state index in [2.05, 4.69) is 33.8 Å². The van der Waals surface area contributed by atoms with E-state index in [1.807, 2.05) is 0 Å². The first-order valence-corrected chi connectivity index (χ1v) is 10.7. The number of hydrogen-bond donors (Lipinski definition) is 0. The van der Waals surface area contributed by atoms with Gasteiger partial charge in [-0.25, -0.2) is 4.98 Å². The second-order valence-corrected chi connectivity index (χ2v) is 9.81. The van der Waals surface area contributed by atoms with Crippen molar-refractivity contribution in [3.63, 3.8) is 0 Å². The van der Waals surface area contributed by atoms with Crippen molar-refractivity contribution in [2.75, 3.05) is 5.75 Å². The largest absolute Gasteiger partial charge is 0.287 e. The van der Waals surface area contributed by atoms with Gasteiger partial charge in [0.05, 0.1) is 17.2 Å². The van der Waals surface area contributed by atoms with Gasteiger partial charge < -0.3 is 0 Å². The zero-order valence-corrected chi connectivity index (χ0v) is 17.0. The summed E-state index contributed by atoms with van der Waals surface area (Å²) in [6, 6.07) is 2.14. The third kappa shape index (κ3) is 3.50. The smallest absolute Gasteiger partial charge is 0.263 e. The van der Waals surface area contributed by atoms with Gasteiger partial charge in [-0.2, -0.15) is 5.26 Å². The Bertz CT molecular complexity index is 883. The number of aryl methyl sites for hydroxylation is 1. The molecule has 1 aliphatic carbocycles. The highest BCUT2D eigenvalue weighted by atomic mass is 32.2. The van der Waals surface area contributed by atoms with Gasteiger partial charge in [-0.15, -0.1) is 11.3 Å². The van der Waals surface area contributed by atoms with Crippen molar-refractivity contribution in [1.29, 1.82) is 5.26 Å². The number of nitrogens with zero attached hydrogens (tertiary/aromatic N) is 3. The van der Waals surface area contributed by atoms with Crippen LogP contribution in [0, 0.1) is 22.7 Å². The molecule has 134 valence electrons. The maximum atomic E-state index is 13.1. The van der Waals surface area contributed by atoms with E-state index in [0.29, 0.717) is 23.4 Å². The van der Waals surface area contributed by atoms with Crippen LogP contribution in [0.2, 0.25) is 0 Å². The molecule has 0 saturated carbocycles. The molecular weight excluding hydrogens is 350 g/mol. The molecule has 25 heavy (non-hydrogen) atoms. The lowest BCUT2D eigenvalue weighted by atomic mass is 9.72. The zero-order chi connectivity index (χ0) is 18.2. The number of fused-ring (bicyclic) bond motifs is 3. The summed E-state index contributed by atoms with van der Waals surface area (Å²) in [5.74, 6) is 0.970. The molecule has 6 heteroatoms. The van der Waals surface area contributed by atoms with Gasteiger partial charge in [0.25, 0.3) is 5.56 Å². The predicted molar refractivity (Wildman–Crippen MR) is 105 cm³/mol. The van der Waals surface area contributed by atoms with Crippen LogP contribution in [0.3, 0.4) is 0 Å². The molecule has 1 aliphatic rings. The van der Waals surface area contributed by atoms with Crippen LogP contribution in [-0.2, 0) is 19.4 Å². The number of hydrogen-bond acceptors (Lipinski definition) is 5. The third-order valence-electron chi connectivity index (χ3n) is 5.07. The Labute approximate surface area is 157 Å². The maximum Gasteiger partial charge on any atom is 0.263 e. The minimum Gasteiger partial charge on any atom is -0.287 e. The molecule has 0 aliphatic heterocycles. The standard InChI is InChI=1S/C19H25N3OS2/c1-5-9-22-17(23)15-13-7-6-12(19(2,3)4)11-14(13)25-16(15)21-18(22)24-10-8-20/h12H,5-7,9-11H2,1-4H3/t12-/m0/s1. The molecule has 2 aromatic heterocycles. The van der Waals surface area contributed by atoms with E-state index in [-0.39, 0.29) is 11.0 Å². The predicted octanol–water partition coefficient (Wildman–Crippen LogP) is 4.63. The average molecular weight is 376 g/mol. The molecular formula is C19H25N3OS2. The second kappa shape index (κ2) is 7.13. The number of nitriles is 1. The SMILES string of the molecule is CCCn1c(SCC#N)nc2sc3c(c2c1=O)CC[C@H](C(C)(C)C)C3. The van der Waals surface area contributed by atoms with Gasteiger partial charge in [0, 0.05) is 11.4 Å². The fourth-order valence-corrected chi connectivity index (χ4v) is 5.63. The quantitative estimate of drug-likeness (QED) is 0.577. The fourth-order valence-electron chi connectivity index (χ4n) is 3.61. The first kappa shape index (κ1) is 18.5. The molecule has 3 rings (SSSR count). The van der Waals surface area contributed by atoms with Gasteiger partial charge in [-0.1, -0.05) is 39.5 Å². The van der Waals surface area contributed by atoms with Crippen molar-refractivity contribution >= 4 is 33.3 Å². The Morgan fingerprint density at radius 3 is 2.84 bits per heavy atom. The zero-order valence-electron chi connectivity index (χ0n) is 15.4. The van der Waals surface area contributed by atoms with Gasteiger partial charge in [0.15, 0.2) is 5.16 Å². The molecule has 0 saturated heterocycles. The van der Waals surface area contributed by atoms with Crippen molar-refractivity contribution in [1.82, 2.24) is 9.55 Å². The van der Waals surface area contributed by atoms with Crippen LogP contribution in [0.1, 0.15) is 51.0 Å². The average Bonchev–Trinajstić information content (AvgIpc) is 2.92. The van der Waals surface area contributed by atoms with Crippen LogP contribution in [0.4, 0.5) is 0 Å². The van der Waals surface area contributed by atoms with E-state index in [9.17, 15) is 4.79 Å². The van der Waals surface area contributed by atoms with Crippen molar-refractivity contribution in [3.05, 3.63) is 20.8 Å². The Morgan fingerprint density at radius 2 is 2.20 bits per heavy atom. The lowest BCUT2D eigenvalue weighted by molar-refractivity contribution is 0.218. The molecule has 1 atom stereocenters. The van der Waals surface area contributed by atoms with Gasteiger partial charge in [-0.05, 0) is 42.6 Å². The summed E-state index contributed by atoms with van der Waals surface area (Å²) in [6.07, 6.45) is 4.05. The van der Waals surface area contributed by atoms with Gasteiger partial charge >= 0.3 is 0 Å². The Hall–Kier alpha value is -1.32. The monoisotopic (exact) mass is 375 g/mol. The number of thioether (sulfide) groups is 1. The minimum atomic E-state index is 0.0824. The topological polar surface area (TPSA) is 58.7 Å². The molecule has 0 unspecified atom stereocenters. The lowest BCUT2D eigenvalue weighted by Crippen LogP contribution is -2.27. The van der Waals surface area contributed by atoms with E-state index in [4.69, 9.17) is 10.2 Å². The van der Waals surface area contributed by atoms with Gasteiger partial charge in [0.2, 0.25) is 0 Å². The highest BCUT2D eigenvalue weighted by Gasteiger charge is 2.32. The van der Waals surface area contributed by atoms with Crippen LogP contribution in [0.5, 0.6) is 0 Å². The summed E-state index contributed by atoms with van der Waals surface area (Å²) in [7, 11) is 0. The summed E-state index contributed by atoms with van der Waals surface area (Å²) < 4.78 is 1.77. The summed E-state index contributed by atoms with van der Waals surface area (Å²) in [6.45, 7) is 9.63. The fraction of sp³-hybridized carbons (Fsp3) is 0.632. The van der Waals surface area contributed by atoms with Crippen molar-refractivity contribution in [2.45, 2.75) is 65.1 Å². The van der Waals surface area contributed by atoms with Crippen LogP contribution in [-0.4, -0.2) is 15.3 Å². The lowest BCUT2D eigenvalue weighted by Gasteiger charge is -2.33. The van der Waals surface area contributed by atoms with E-state index in [1.54, 1.807) is 15.9 Å². The molecule has 0 fully saturated rings. The number of aromatic nitrogens is 2. The van der Waals surface area contributed by atoms with Gasteiger partial charge in [0.1, 0.15) is 4.83 Å². The first-order chi connectivity index (χ1) is 11.9. The molecule has 2 heterocycles. The van der Waals surface area contributed by atoms with Crippen LogP contribution in [0.25, 0.3) is 10.2 Å². The van der Waals surface area contributed by atoms with Crippen molar-refractivity contribution < 1.29 is 0 Å². The molecule has 0 bridgehead atoms. The molecule has 2 aromatic rings. The summed E-state index contributed by atoms with van der Waals surface area (Å²) in [5, 5.41) is 10.4. The van der Waals surface area contributed by atoms with Crippen molar-refractivity contribution in [2.24, 2.45) is 11.3 Å². The third-order valence-corrected chi connectivity index (χ3v) is 7.06. The molecule has 0 spiro atoms. The first-order valence-electron chi connectivity index (χ1n) is 8.91. The van der Waals surface area contributed by atoms with E-state index in [1.165, 1.54) is 22.2 Å². The molecule has 0 amide bonds. The van der Waals surface area contributed by atoms with Gasteiger partial charge in [-0.3, -0.25) is 9.36 Å². The summed E-state index contributed by atoms with van der Waals surface area (Å²) >= 11 is 3.05. The molecule has 0 radical (unpaired) electrons. The Kier molecular flexibility index (Phi) is 5.26. The van der Waals surface area contributed by atoms with E-state index < -0.39 is 0 Å². The van der Waals surface area contributed by atoms with Crippen LogP contribution < -0.4 is 5.56 Å². The molecule has 0 N–H and O–H groups in total. The Balaban J connectivity index is 2.12. The number of rotatable bonds is 4. The van der Waals surface area contributed by atoms with Crippen LogP contribution >= 0.6 is 23.1 Å². The highest BCUT2D eigenvalue weighted by molar-refractivity contribution is 7.99. The normalized spacial score (nSPS) is 17.5. The summed E-state index contributed by atoms with van der Waals surface area (Å²) in [5.41, 5.74) is 1.61. The summed E-state index contributed by atoms with van der Waals surface area (Å²) in [4.78, 5) is 20.1.